The maximum atomic E-state index is 12.1. The second-order valence-electron chi connectivity index (χ2n) is 8.31. The summed E-state index contributed by atoms with van der Waals surface area (Å²) in [5.74, 6) is 0.783. The molecule has 0 atom stereocenters. The van der Waals surface area contributed by atoms with Crippen LogP contribution in [-0.2, 0) is 6.54 Å². The molecule has 170 valence electrons. The van der Waals surface area contributed by atoms with Crippen molar-refractivity contribution in [2.45, 2.75) is 90.5 Å². The number of rotatable bonds is 17. The summed E-state index contributed by atoms with van der Waals surface area (Å²) in [5, 5.41) is 2.91. The molecule has 4 nitrogen and oxygen atoms in total. The van der Waals surface area contributed by atoms with E-state index in [1.54, 1.807) is 24.5 Å². The van der Waals surface area contributed by atoms with E-state index in [-0.39, 0.29) is 5.91 Å². The number of amides is 1. The van der Waals surface area contributed by atoms with Crippen molar-refractivity contribution < 1.29 is 9.53 Å². The van der Waals surface area contributed by atoms with Crippen molar-refractivity contribution in [3.63, 3.8) is 0 Å². The molecule has 0 spiro atoms. The molecule has 0 unspecified atom stereocenters. The molecular formula is C27H40N2O2. The fourth-order valence-electron chi connectivity index (χ4n) is 3.62. The third-order valence-corrected chi connectivity index (χ3v) is 5.57. The van der Waals surface area contributed by atoms with E-state index in [1.165, 1.54) is 70.6 Å². The molecule has 0 radical (unpaired) electrons. The highest BCUT2D eigenvalue weighted by atomic mass is 16.5. The van der Waals surface area contributed by atoms with Crippen molar-refractivity contribution in [2.75, 3.05) is 6.61 Å². The van der Waals surface area contributed by atoms with Crippen LogP contribution in [0, 0.1) is 0 Å². The van der Waals surface area contributed by atoms with Gasteiger partial charge >= 0.3 is 0 Å². The van der Waals surface area contributed by atoms with Gasteiger partial charge in [-0.05, 0) is 36.2 Å². The van der Waals surface area contributed by atoms with E-state index in [9.17, 15) is 4.79 Å². The summed E-state index contributed by atoms with van der Waals surface area (Å²) in [6.07, 6.45) is 19.4. The molecule has 0 bridgehead atoms. The second kappa shape index (κ2) is 16.3. The van der Waals surface area contributed by atoms with E-state index < -0.39 is 0 Å². The number of nitrogens with zero attached hydrogens (tertiary/aromatic N) is 1. The van der Waals surface area contributed by atoms with Gasteiger partial charge < -0.3 is 10.1 Å². The topological polar surface area (TPSA) is 51.2 Å². The van der Waals surface area contributed by atoms with Gasteiger partial charge in [0.1, 0.15) is 5.75 Å². The Morgan fingerprint density at radius 3 is 2.03 bits per heavy atom. The second-order valence-corrected chi connectivity index (χ2v) is 8.31. The Hall–Kier alpha value is -2.36. The van der Waals surface area contributed by atoms with Gasteiger partial charge in [-0.1, -0.05) is 89.7 Å². The van der Waals surface area contributed by atoms with Crippen molar-refractivity contribution in [2.24, 2.45) is 0 Å². The van der Waals surface area contributed by atoms with Crippen molar-refractivity contribution in [3.8, 4) is 5.75 Å². The van der Waals surface area contributed by atoms with Gasteiger partial charge in [0, 0.05) is 18.9 Å². The van der Waals surface area contributed by atoms with Gasteiger partial charge in [-0.15, -0.1) is 0 Å². The molecule has 0 aliphatic heterocycles. The normalized spacial score (nSPS) is 10.7. The molecule has 1 aromatic carbocycles. The Morgan fingerprint density at radius 1 is 0.839 bits per heavy atom. The zero-order valence-electron chi connectivity index (χ0n) is 19.3. The van der Waals surface area contributed by atoms with Crippen LogP contribution >= 0.6 is 0 Å². The summed E-state index contributed by atoms with van der Waals surface area (Å²) in [4.78, 5) is 16.0. The summed E-state index contributed by atoms with van der Waals surface area (Å²) in [7, 11) is 0. The number of pyridine rings is 1. The molecule has 1 aromatic heterocycles. The number of carbonyl (C=O) groups excluding carboxylic acids is 1. The SMILES string of the molecule is CCCCCCCCCCCCCCOc1ccc(CNC(=O)c2cccnc2)cc1. The minimum absolute atomic E-state index is 0.111. The average molecular weight is 425 g/mol. The number of hydrogen-bond acceptors (Lipinski definition) is 3. The van der Waals surface area contributed by atoms with Crippen LogP contribution in [0.2, 0.25) is 0 Å². The molecule has 0 saturated carbocycles. The van der Waals surface area contributed by atoms with Gasteiger partial charge in [0.25, 0.3) is 5.91 Å². The largest absolute Gasteiger partial charge is 0.494 e. The number of unbranched alkanes of at least 4 members (excludes halogenated alkanes) is 11. The zero-order chi connectivity index (χ0) is 22.0. The van der Waals surface area contributed by atoms with Gasteiger partial charge in [0.15, 0.2) is 0 Å². The molecule has 31 heavy (non-hydrogen) atoms. The number of aromatic nitrogens is 1. The van der Waals surface area contributed by atoms with Gasteiger partial charge in [0.05, 0.1) is 12.2 Å². The fourth-order valence-corrected chi connectivity index (χ4v) is 3.62. The van der Waals surface area contributed by atoms with Crippen LogP contribution in [0.4, 0.5) is 0 Å². The first kappa shape index (κ1) is 24.9. The lowest BCUT2D eigenvalue weighted by atomic mass is 10.1. The van der Waals surface area contributed by atoms with Crippen LogP contribution in [0.1, 0.15) is 99.9 Å². The average Bonchev–Trinajstić information content (AvgIpc) is 2.82. The standard InChI is InChI=1S/C27H40N2O2/c1-2-3-4-5-6-7-8-9-10-11-12-13-21-31-26-18-16-24(17-19-26)22-29-27(30)25-15-14-20-28-23-25/h14-20,23H,2-13,21-22H2,1H3,(H,29,30). The Bertz CT molecular complexity index is 701. The molecule has 0 aliphatic rings. The van der Waals surface area contributed by atoms with Crippen LogP contribution in [-0.4, -0.2) is 17.5 Å². The Kier molecular flexibility index (Phi) is 13.1. The lowest BCUT2D eigenvalue weighted by Crippen LogP contribution is -2.22. The highest BCUT2D eigenvalue weighted by Crippen LogP contribution is 2.14. The van der Waals surface area contributed by atoms with Crippen molar-refractivity contribution >= 4 is 5.91 Å². The summed E-state index contributed by atoms with van der Waals surface area (Å²) in [5.41, 5.74) is 1.62. The number of carbonyl (C=O) groups is 1. The monoisotopic (exact) mass is 424 g/mol. The molecule has 1 amide bonds. The van der Waals surface area contributed by atoms with Crippen LogP contribution in [0.15, 0.2) is 48.8 Å². The summed E-state index contributed by atoms with van der Waals surface area (Å²) in [6.45, 7) is 3.54. The van der Waals surface area contributed by atoms with Crippen LogP contribution in [0.25, 0.3) is 0 Å². The Morgan fingerprint density at radius 2 is 1.45 bits per heavy atom. The molecule has 0 fully saturated rings. The van der Waals surface area contributed by atoms with Gasteiger partial charge in [-0.3, -0.25) is 9.78 Å². The van der Waals surface area contributed by atoms with Gasteiger partial charge in [-0.2, -0.15) is 0 Å². The highest BCUT2D eigenvalue weighted by molar-refractivity contribution is 5.93. The molecule has 2 rings (SSSR count). The predicted octanol–water partition coefficient (Wildman–Crippen LogP) is 7.09. The van der Waals surface area contributed by atoms with Gasteiger partial charge in [-0.25, -0.2) is 0 Å². The van der Waals surface area contributed by atoms with Crippen LogP contribution < -0.4 is 10.1 Å². The van der Waals surface area contributed by atoms with Crippen LogP contribution in [0.3, 0.4) is 0 Å². The Labute approximate surface area is 188 Å². The van der Waals surface area contributed by atoms with Crippen molar-refractivity contribution in [1.82, 2.24) is 10.3 Å². The van der Waals surface area contributed by atoms with Crippen LogP contribution in [0.5, 0.6) is 5.75 Å². The van der Waals surface area contributed by atoms with E-state index in [0.717, 1.165) is 24.3 Å². The molecule has 1 N–H and O–H groups in total. The minimum Gasteiger partial charge on any atom is -0.494 e. The number of ether oxygens (including phenoxy) is 1. The number of nitrogens with one attached hydrogen (secondary N) is 1. The summed E-state index contributed by atoms with van der Waals surface area (Å²) >= 11 is 0. The fraction of sp³-hybridized carbons (Fsp3) is 0.556. The van der Waals surface area contributed by atoms with Gasteiger partial charge in [0.2, 0.25) is 0 Å². The van der Waals surface area contributed by atoms with E-state index >= 15 is 0 Å². The van der Waals surface area contributed by atoms with Crippen molar-refractivity contribution in [3.05, 3.63) is 59.9 Å². The third kappa shape index (κ3) is 11.6. The molecule has 0 saturated heterocycles. The maximum Gasteiger partial charge on any atom is 0.253 e. The highest BCUT2D eigenvalue weighted by Gasteiger charge is 2.04. The number of hydrogen-bond donors (Lipinski definition) is 1. The Balaban J connectivity index is 1.46. The lowest BCUT2D eigenvalue weighted by Gasteiger charge is -2.08. The van der Waals surface area contributed by atoms with E-state index in [4.69, 9.17) is 4.74 Å². The van der Waals surface area contributed by atoms with E-state index in [1.807, 2.05) is 24.3 Å². The molecule has 4 heteroatoms. The zero-order valence-corrected chi connectivity index (χ0v) is 19.3. The first-order valence-electron chi connectivity index (χ1n) is 12.2. The first-order chi connectivity index (χ1) is 15.3. The third-order valence-electron chi connectivity index (χ3n) is 5.57. The summed E-state index contributed by atoms with van der Waals surface area (Å²) < 4.78 is 5.85. The number of benzene rings is 1. The maximum absolute atomic E-state index is 12.1. The summed E-state index contributed by atoms with van der Waals surface area (Å²) in [6, 6.07) is 11.5. The lowest BCUT2D eigenvalue weighted by molar-refractivity contribution is 0.0950. The molecular weight excluding hydrogens is 384 g/mol. The van der Waals surface area contributed by atoms with E-state index in [0.29, 0.717) is 12.1 Å². The van der Waals surface area contributed by atoms with Crippen molar-refractivity contribution in [1.29, 1.82) is 0 Å². The molecule has 1 heterocycles. The smallest absolute Gasteiger partial charge is 0.253 e. The first-order valence-corrected chi connectivity index (χ1v) is 12.2. The van der Waals surface area contributed by atoms with E-state index in [2.05, 4.69) is 17.2 Å². The molecule has 2 aromatic rings. The quantitative estimate of drug-likeness (QED) is 0.276. The molecule has 0 aliphatic carbocycles. The minimum atomic E-state index is -0.111. The predicted molar refractivity (Wildman–Crippen MR) is 128 cm³/mol.